The third-order valence-corrected chi connectivity index (χ3v) is 3.36. The van der Waals surface area contributed by atoms with Crippen LogP contribution in [0.2, 0.25) is 0 Å². The quantitative estimate of drug-likeness (QED) is 0.918. The average molecular weight is 325 g/mol. The molecule has 0 unspecified atom stereocenters. The second-order valence-electron chi connectivity index (χ2n) is 5.14. The first-order chi connectivity index (χ1) is 11.5. The Hall–Kier alpha value is -3.20. The summed E-state index contributed by atoms with van der Waals surface area (Å²) in [4.78, 5) is 25.2. The van der Waals surface area contributed by atoms with E-state index in [-0.39, 0.29) is 24.8 Å². The number of amides is 2. The van der Waals surface area contributed by atoms with Crippen LogP contribution < -0.4 is 10.2 Å². The number of carbonyl (C=O) groups is 2. The van der Waals surface area contributed by atoms with Crippen LogP contribution >= 0.6 is 0 Å². The molecule has 0 radical (unpaired) electrons. The van der Waals surface area contributed by atoms with Crippen LogP contribution in [0, 0.1) is 17.1 Å². The van der Waals surface area contributed by atoms with Gasteiger partial charge in [-0.3, -0.25) is 9.59 Å². The van der Waals surface area contributed by atoms with Crippen LogP contribution in [0.4, 0.5) is 15.8 Å². The number of hydrogen-bond donors (Lipinski definition) is 1. The minimum Gasteiger partial charge on any atom is -0.326 e. The minimum absolute atomic E-state index is 0.0656. The van der Waals surface area contributed by atoms with Gasteiger partial charge in [-0.05, 0) is 42.5 Å². The molecule has 2 aromatic carbocycles. The van der Waals surface area contributed by atoms with Crippen molar-refractivity contribution < 1.29 is 14.0 Å². The Morgan fingerprint density at radius 1 is 1.21 bits per heavy atom. The fourth-order valence-electron chi connectivity index (χ4n) is 2.19. The van der Waals surface area contributed by atoms with E-state index in [4.69, 9.17) is 5.26 Å². The normalized spacial score (nSPS) is 9.88. The highest BCUT2D eigenvalue weighted by molar-refractivity contribution is 5.94. The maximum absolute atomic E-state index is 13.1. The highest BCUT2D eigenvalue weighted by Crippen LogP contribution is 2.16. The van der Waals surface area contributed by atoms with Crippen molar-refractivity contribution >= 4 is 23.2 Å². The lowest BCUT2D eigenvalue weighted by Crippen LogP contribution is -2.31. The molecule has 0 atom stereocenters. The van der Waals surface area contributed by atoms with Gasteiger partial charge in [0.05, 0.1) is 11.6 Å². The fraction of sp³-hybridized carbons (Fsp3) is 0.167. The van der Waals surface area contributed by atoms with Crippen LogP contribution in [0.15, 0.2) is 48.5 Å². The molecule has 0 saturated heterocycles. The number of nitrogens with one attached hydrogen (secondary N) is 1. The van der Waals surface area contributed by atoms with Gasteiger partial charge in [0.1, 0.15) is 5.82 Å². The molecular formula is C18H16FN3O2. The van der Waals surface area contributed by atoms with E-state index in [1.165, 1.54) is 30.0 Å². The predicted octanol–water partition coefficient (Wildman–Crippen LogP) is 3.08. The molecule has 2 amide bonds. The van der Waals surface area contributed by atoms with Crippen LogP contribution in [0.1, 0.15) is 18.9 Å². The lowest BCUT2D eigenvalue weighted by molar-refractivity contribution is -0.117. The zero-order valence-corrected chi connectivity index (χ0v) is 13.1. The van der Waals surface area contributed by atoms with Gasteiger partial charge in [0.25, 0.3) is 0 Å². The van der Waals surface area contributed by atoms with E-state index in [9.17, 15) is 14.0 Å². The first-order valence-electron chi connectivity index (χ1n) is 7.33. The zero-order valence-electron chi connectivity index (χ0n) is 13.1. The molecule has 0 spiro atoms. The molecule has 122 valence electrons. The molecule has 0 aliphatic rings. The highest BCUT2D eigenvalue weighted by atomic mass is 19.1. The summed E-state index contributed by atoms with van der Waals surface area (Å²) < 4.78 is 13.1. The second-order valence-corrected chi connectivity index (χ2v) is 5.14. The fourth-order valence-corrected chi connectivity index (χ4v) is 2.19. The van der Waals surface area contributed by atoms with Crippen LogP contribution in [0.3, 0.4) is 0 Å². The van der Waals surface area contributed by atoms with Gasteiger partial charge >= 0.3 is 0 Å². The molecule has 0 aliphatic carbocycles. The van der Waals surface area contributed by atoms with Crippen LogP contribution in [0.25, 0.3) is 0 Å². The Balaban J connectivity index is 1.99. The van der Waals surface area contributed by atoms with E-state index in [2.05, 4.69) is 5.32 Å². The molecule has 5 nitrogen and oxygen atoms in total. The summed E-state index contributed by atoms with van der Waals surface area (Å²) >= 11 is 0. The summed E-state index contributed by atoms with van der Waals surface area (Å²) in [7, 11) is 0. The number of benzene rings is 2. The first kappa shape index (κ1) is 17.2. The molecular weight excluding hydrogens is 309 g/mol. The molecule has 0 aromatic heterocycles. The molecule has 0 bridgehead atoms. The van der Waals surface area contributed by atoms with E-state index in [1.54, 1.807) is 30.3 Å². The van der Waals surface area contributed by atoms with Gasteiger partial charge in [-0.25, -0.2) is 4.39 Å². The molecule has 2 aromatic rings. The molecule has 0 aliphatic heterocycles. The van der Waals surface area contributed by atoms with Crippen molar-refractivity contribution in [3.8, 4) is 6.07 Å². The molecule has 24 heavy (non-hydrogen) atoms. The van der Waals surface area contributed by atoms with Gasteiger partial charge < -0.3 is 10.2 Å². The van der Waals surface area contributed by atoms with Crippen molar-refractivity contribution in [2.24, 2.45) is 0 Å². The Morgan fingerprint density at radius 3 is 2.50 bits per heavy atom. The lowest BCUT2D eigenvalue weighted by atomic mass is 10.2. The predicted molar refractivity (Wildman–Crippen MR) is 88.8 cm³/mol. The number of nitrogens with zero attached hydrogens (tertiary/aromatic N) is 2. The van der Waals surface area contributed by atoms with Gasteiger partial charge in [0.2, 0.25) is 11.8 Å². The van der Waals surface area contributed by atoms with E-state index < -0.39 is 5.82 Å². The zero-order chi connectivity index (χ0) is 17.5. The maximum atomic E-state index is 13.1. The number of nitriles is 1. The van der Waals surface area contributed by atoms with E-state index in [0.29, 0.717) is 16.9 Å². The summed E-state index contributed by atoms with van der Waals surface area (Å²) in [6, 6.07) is 14.1. The molecule has 0 heterocycles. The number of anilines is 2. The summed E-state index contributed by atoms with van der Waals surface area (Å²) in [5.74, 6) is -0.963. The van der Waals surface area contributed by atoms with Crippen molar-refractivity contribution in [1.29, 1.82) is 5.26 Å². The van der Waals surface area contributed by atoms with E-state index in [1.807, 2.05) is 6.07 Å². The van der Waals surface area contributed by atoms with Crippen molar-refractivity contribution in [3.63, 3.8) is 0 Å². The molecule has 6 heteroatoms. The standard InChI is InChI=1S/C18H16FN3O2/c1-13(23)22(17-7-5-14(12-20)6-8-17)10-9-18(24)21-16-4-2-3-15(19)11-16/h2-8,11H,9-10H2,1H3,(H,21,24). The van der Waals surface area contributed by atoms with Crippen LogP contribution in [-0.2, 0) is 9.59 Å². The minimum atomic E-state index is -0.434. The number of carbonyl (C=O) groups excluding carboxylic acids is 2. The number of rotatable bonds is 5. The summed E-state index contributed by atoms with van der Waals surface area (Å²) in [5.41, 5.74) is 1.47. The van der Waals surface area contributed by atoms with Crippen molar-refractivity contribution in [2.75, 3.05) is 16.8 Å². The summed E-state index contributed by atoms with van der Waals surface area (Å²) in [5, 5.41) is 11.4. The summed E-state index contributed by atoms with van der Waals surface area (Å²) in [6.45, 7) is 1.59. The molecule has 0 fully saturated rings. The second kappa shape index (κ2) is 7.88. The average Bonchev–Trinajstić information content (AvgIpc) is 2.55. The smallest absolute Gasteiger partial charge is 0.226 e. The number of halogens is 1. The van der Waals surface area contributed by atoms with Crippen molar-refractivity contribution in [3.05, 3.63) is 59.9 Å². The Bertz CT molecular complexity index is 782. The Kier molecular flexibility index (Phi) is 5.63. The van der Waals surface area contributed by atoms with Gasteiger partial charge in [-0.1, -0.05) is 6.07 Å². The van der Waals surface area contributed by atoms with Crippen LogP contribution in [-0.4, -0.2) is 18.4 Å². The van der Waals surface area contributed by atoms with Gasteiger partial charge in [0, 0.05) is 31.3 Å². The lowest BCUT2D eigenvalue weighted by Gasteiger charge is -2.21. The van der Waals surface area contributed by atoms with Gasteiger partial charge in [0.15, 0.2) is 0 Å². The Morgan fingerprint density at radius 2 is 1.92 bits per heavy atom. The van der Waals surface area contributed by atoms with E-state index in [0.717, 1.165) is 0 Å². The third-order valence-electron chi connectivity index (χ3n) is 3.36. The SMILES string of the molecule is CC(=O)N(CCC(=O)Nc1cccc(F)c1)c1ccc(C#N)cc1. The largest absolute Gasteiger partial charge is 0.326 e. The Labute approximate surface area is 139 Å². The van der Waals surface area contributed by atoms with Crippen molar-refractivity contribution in [2.45, 2.75) is 13.3 Å². The first-order valence-corrected chi connectivity index (χ1v) is 7.33. The topological polar surface area (TPSA) is 73.2 Å². The molecule has 2 rings (SSSR count). The highest BCUT2D eigenvalue weighted by Gasteiger charge is 2.13. The third kappa shape index (κ3) is 4.65. The van der Waals surface area contributed by atoms with Crippen LogP contribution in [0.5, 0.6) is 0 Å². The van der Waals surface area contributed by atoms with E-state index >= 15 is 0 Å². The number of hydrogen-bond acceptors (Lipinski definition) is 3. The van der Waals surface area contributed by atoms with Crippen molar-refractivity contribution in [1.82, 2.24) is 0 Å². The summed E-state index contributed by atoms with van der Waals surface area (Å²) in [6.07, 6.45) is 0.0656. The molecule has 0 saturated carbocycles. The van der Waals surface area contributed by atoms with Gasteiger partial charge in [-0.2, -0.15) is 5.26 Å². The van der Waals surface area contributed by atoms with Gasteiger partial charge in [-0.15, -0.1) is 0 Å². The monoisotopic (exact) mass is 325 g/mol. The molecule has 1 N–H and O–H groups in total. The maximum Gasteiger partial charge on any atom is 0.226 e.